The van der Waals surface area contributed by atoms with Gasteiger partial charge in [-0.1, -0.05) is 23.2 Å². The van der Waals surface area contributed by atoms with E-state index in [1.54, 1.807) is 0 Å². The van der Waals surface area contributed by atoms with Crippen molar-refractivity contribution in [2.24, 2.45) is 0 Å². The molecule has 0 bridgehead atoms. The Morgan fingerprint density at radius 1 is 1.25 bits per heavy atom. The van der Waals surface area contributed by atoms with Crippen LogP contribution in [0.5, 0.6) is 0 Å². The van der Waals surface area contributed by atoms with E-state index < -0.39 is 0 Å². The molecule has 0 amide bonds. The monoisotopic (exact) mass is 178 g/mol. The van der Waals surface area contributed by atoms with Crippen molar-refractivity contribution in [3.8, 4) is 0 Å². The molecular weight excluding hydrogens is 168 g/mol. The summed E-state index contributed by atoms with van der Waals surface area (Å²) in [4.78, 5) is 0. The molecule has 0 radical (unpaired) electrons. The molecule has 1 aliphatic carbocycles. The number of fused-ring (bicyclic) bond motifs is 1. The molecule has 0 heterocycles. The molecule has 0 atom stereocenters. The van der Waals surface area contributed by atoms with Gasteiger partial charge in [0, 0.05) is 5.02 Å². The first kappa shape index (κ1) is 7.88. The molecule has 1 aliphatic rings. The zero-order valence-electron chi connectivity index (χ0n) is 7.32. The quantitative estimate of drug-likeness (QED) is 0.569. The summed E-state index contributed by atoms with van der Waals surface area (Å²) in [6.45, 7) is 4.35. The summed E-state index contributed by atoms with van der Waals surface area (Å²) >= 11 is 5.91. The maximum absolute atomic E-state index is 5.91. The third-order valence-corrected chi connectivity index (χ3v) is 2.81. The molecule has 2 rings (SSSR count). The van der Waals surface area contributed by atoms with Gasteiger partial charge in [0.25, 0.3) is 0 Å². The maximum atomic E-state index is 5.91. The van der Waals surface area contributed by atoms with E-state index in [-0.39, 0.29) is 0 Å². The van der Waals surface area contributed by atoms with Crippen LogP contribution in [0, 0.1) is 0 Å². The van der Waals surface area contributed by atoms with Crippen LogP contribution in [0.3, 0.4) is 0 Å². The van der Waals surface area contributed by atoms with Gasteiger partial charge in [-0.25, -0.2) is 0 Å². The fourth-order valence-electron chi connectivity index (χ4n) is 1.70. The van der Waals surface area contributed by atoms with Gasteiger partial charge in [-0.15, -0.1) is 0 Å². The van der Waals surface area contributed by atoms with Gasteiger partial charge >= 0.3 is 0 Å². The first-order valence-corrected chi connectivity index (χ1v) is 4.51. The van der Waals surface area contributed by atoms with Crippen molar-refractivity contribution in [3.05, 3.63) is 39.9 Å². The predicted octanol–water partition coefficient (Wildman–Crippen LogP) is 3.69. The minimum atomic E-state index is 0.836. The van der Waals surface area contributed by atoms with Gasteiger partial charge in [-0.3, -0.25) is 0 Å². The summed E-state index contributed by atoms with van der Waals surface area (Å²) in [7, 11) is 0. The lowest BCUT2D eigenvalue weighted by molar-refractivity contribution is 1.19. The average Bonchev–Trinajstić information content (AvgIpc) is 2.31. The normalized spacial score (nSPS) is 15.2. The molecule has 0 saturated heterocycles. The Kier molecular flexibility index (Phi) is 1.73. The topological polar surface area (TPSA) is 0 Å². The Balaban J connectivity index is 2.60. The number of rotatable bonds is 0. The summed E-state index contributed by atoms with van der Waals surface area (Å²) in [6, 6.07) is 6.15. The van der Waals surface area contributed by atoms with Crippen molar-refractivity contribution < 1.29 is 0 Å². The minimum Gasteiger partial charge on any atom is -0.0843 e. The minimum absolute atomic E-state index is 0.836. The SMILES string of the molecule is CC1=C(C)c2cc(Cl)ccc2C1. The van der Waals surface area contributed by atoms with Crippen molar-refractivity contribution in [1.82, 2.24) is 0 Å². The second kappa shape index (κ2) is 2.63. The van der Waals surface area contributed by atoms with Crippen LogP contribution in [0.1, 0.15) is 25.0 Å². The molecule has 0 aliphatic heterocycles. The van der Waals surface area contributed by atoms with E-state index in [0.717, 1.165) is 11.4 Å². The molecule has 1 aromatic carbocycles. The Morgan fingerprint density at radius 3 is 2.75 bits per heavy atom. The second-order valence-electron chi connectivity index (χ2n) is 3.38. The van der Waals surface area contributed by atoms with Gasteiger partial charge in [0.05, 0.1) is 0 Å². The average molecular weight is 179 g/mol. The summed E-state index contributed by atoms with van der Waals surface area (Å²) in [5.74, 6) is 0. The maximum Gasteiger partial charge on any atom is 0.0412 e. The van der Waals surface area contributed by atoms with Crippen LogP contribution in [0.25, 0.3) is 5.57 Å². The lowest BCUT2D eigenvalue weighted by Crippen LogP contribution is -1.81. The molecule has 0 N–H and O–H groups in total. The molecule has 0 fully saturated rings. The van der Waals surface area contributed by atoms with Crippen LogP contribution in [-0.4, -0.2) is 0 Å². The third-order valence-electron chi connectivity index (χ3n) is 2.57. The number of halogens is 1. The largest absolute Gasteiger partial charge is 0.0843 e. The predicted molar refractivity (Wildman–Crippen MR) is 53.4 cm³/mol. The zero-order valence-corrected chi connectivity index (χ0v) is 8.07. The summed E-state index contributed by atoms with van der Waals surface area (Å²) in [6.07, 6.45) is 1.10. The number of benzene rings is 1. The zero-order chi connectivity index (χ0) is 8.72. The van der Waals surface area contributed by atoms with Gasteiger partial charge in [-0.2, -0.15) is 0 Å². The van der Waals surface area contributed by atoms with Crippen LogP contribution >= 0.6 is 11.6 Å². The molecule has 1 aromatic rings. The highest BCUT2D eigenvalue weighted by Crippen LogP contribution is 2.33. The van der Waals surface area contributed by atoms with Crippen molar-refractivity contribution in [3.63, 3.8) is 0 Å². The standard InChI is InChI=1S/C11H11Cl/c1-7-5-9-3-4-10(12)6-11(9)8(7)2/h3-4,6H,5H2,1-2H3. The van der Waals surface area contributed by atoms with Crippen LogP contribution in [-0.2, 0) is 6.42 Å². The smallest absolute Gasteiger partial charge is 0.0412 e. The molecule has 0 unspecified atom stereocenters. The summed E-state index contributed by atoms with van der Waals surface area (Å²) in [5, 5.41) is 0.836. The Bertz CT molecular complexity index is 361. The highest BCUT2D eigenvalue weighted by atomic mass is 35.5. The first-order chi connectivity index (χ1) is 5.68. The molecule has 0 aromatic heterocycles. The number of hydrogen-bond acceptors (Lipinski definition) is 0. The fourth-order valence-corrected chi connectivity index (χ4v) is 1.87. The molecule has 0 spiro atoms. The van der Waals surface area contributed by atoms with Crippen LogP contribution in [0.15, 0.2) is 23.8 Å². The lowest BCUT2D eigenvalue weighted by Gasteiger charge is -2.00. The van der Waals surface area contributed by atoms with E-state index in [1.807, 2.05) is 6.07 Å². The number of allylic oxidation sites excluding steroid dienone is 2. The van der Waals surface area contributed by atoms with Crippen LogP contribution in [0.2, 0.25) is 5.02 Å². The fraction of sp³-hybridized carbons (Fsp3) is 0.273. The van der Waals surface area contributed by atoms with Crippen LogP contribution < -0.4 is 0 Å². The molecular formula is C11H11Cl. The molecule has 1 heteroatoms. The summed E-state index contributed by atoms with van der Waals surface area (Å²) < 4.78 is 0. The molecule has 62 valence electrons. The first-order valence-electron chi connectivity index (χ1n) is 4.13. The van der Waals surface area contributed by atoms with Crippen molar-refractivity contribution >= 4 is 17.2 Å². The van der Waals surface area contributed by atoms with E-state index in [9.17, 15) is 0 Å². The molecule has 0 saturated carbocycles. The van der Waals surface area contributed by atoms with E-state index in [2.05, 4.69) is 26.0 Å². The van der Waals surface area contributed by atoms with E-state index >= 15 is 0 Å². The van der Waals surface area contributed by atoms with Crippen molar-refractivity contribution in [1.29, 1.82) is 0 Å². The molecule has 0 nitrogen and oxygen atoms in total. The van der Waals surface area contributed by atoms with Gasteiger partial charge in [0.2, 0.25) is 0 Å². The number of hydrogen-bond donors (Lipinski definition) is 0. The Morgan fingerprint density at radius 2 is 2.00 bits per heavy atom. The Labute approximate surface area is 77.9 Å². The Hall–Kier alpha value is -0.750. The van der Waals surface area contributed by atoms with E-state index in [4.69, 9.17) is 11.6 Å². The van der Waals surface area contributed by atoms with Crippen molar-refractivity contribution in [2.45, 2.75) is 20.3 Å². The summed E-state index contributed by atoms with van der Waals surface area (Å²) in [5.41, 5.74) is 5.61. The van der Waals surface area contributed by atoms with Crippen LogP contribution in [0.4, 0.5) is 0 Å². The van der Waals surface area contributed by atoms with Gasteiger partial charge < -0.3 is 0 Å². The van der Waals surface area contributed by atoms with Gasteiger partial charge in [0.15, 0.2) is 0 Å². The highest BCUT2D eigenvalue weighted by molar-refractivity contribution is 6.30. The van der Waals surface area contributed by atoms with Gasteiger partial charge in [-0.05, 0) is 49.1 Å². The lowest BCUT2D eigenvalue weighted by atomic mass is 10.1. The van der Waals surface area contributed by atoms with Gasteiger partial charge in [0.1, 0.15) is 0 Å². The van der Waals surface area contributed by atoms with E-state index in [0.29, 0.717) is 0 Å². The highest BCUT2D eigenvalue weighted by Gasteiger charge is 2.14. The van der Waals surface area contributed by atoms with Crippen molar-refractivity contribution in [2.75, 3.05) is 0 Å². The molecule has 12 heavy (non-hydrogen) atoms. The second-order valence-corrected chi connectivity index (χ2v) is 3.82. The third kappa shape index (κ3) is 1.07. The van der Waals surface area contributed by atoms with E-state index in [1.165, 1.54) is 22.3 Å².